The van der Waals surface area contributed by atoms with Crippen LogP contribution >= 0.6 is 0 Å². The quantitative estimate of drug-likeness (QED) is 0.279. The van der Waals surface area contributed by atoms with Crippen LogP contribution in [0.1, 0.15) is 35.8 Å². The maximum atomic E-state index is 11.6. The van der Waals surface area contributed by atoms with Crippen molar-refractivity contribution in [1.29, 1.82) is 0 Å². The zero-order valence-electron chi connectivity index (χ0n) is 18.1. The second-order valence-electron chi connectivity index (χ2n) is 9.04. The molecule has 0 saturated heterocycles. The SMILES string of the molecule is C=C[C@@H]1c2cc(-c3ccccc3)ccc2N[C@H]2[C@H]1CC[C@@H]2[C@H](C[N+](=O)[O-])c1ccccc1. The van der Waals surface area contributed by atoms with Crippen molar-refractivity contribution < 1.29 is 4.92 Å². The van der Waals surface area contributed by atoms with Crippen LogP contribution in [0.15, 0.2) is 91.5 Å². The standard InChI is InChI=1S/C28H28N2O2/c1-2-22-23-14-15-24(26(18-30(31)32)20-11-7-4-8-12-20)28(23)29-27-16-13-21(17-25(22)27)19-9-5-3-6-10-19/h2-13,16-17,22-24,26,28-29H,1,14-15,18H2/t22-,23-,24+,26+,28-/m0/s1. The van der Waals surface area contributed by atoms with E-state index in [1.807, 2.05) is 36.4 Å². The lowest BCUT2D eigenvalue weighted by atomic mass is 9.74. The first-order valence-corrected chi connectivity index (χ1v) is 11.4. The van der Waals surface area contributed by atoms with Gasteiger partial charge in [0.2, 0.25) is 6.54 Å². The highest BCUT2D eigenvalue weighted by atomic mass is 16.6. The van der Waals surface area contributed by atoms with E-state index in [0.29, 0.717) is 5.92 Å². The van der Waals surface area contributed by atoms with Crippen molar-refractivity contribution >= 4 is 5.69 Å². The van der Waals surface area contributed by atoms with Gasteiger partial charge in [0.25, 0.3) is 0 Å². The first kappa shape index (κ1) is 20.5. The van der Waals surface area contributed by atoms with Crippen molar-refractivity contribution in [3.63, 3.8) is 0 Å². The van der Waals surface area contributed by atoms with Crippen LogP contribution in [0.4, 0.5) is 5.69 Å². The summed E-state index contributed by atoms with van der Waals surface area (Å²) >= 11 is 0. The van der Waals surface area contributed by atoms with E-state index in [-0.39, 0.29) is 35.3 Å². The van der Waals surface area contributed by atoms with Gasteiger partial charge in [-0.3, -0.25) is 10.1 Å². The minimum absolute atomic E-state index is 0.0296. The Morgan fingerprint density at radius 1 is 1.00 bits per heavy atom. The van der Waals surface area contributed by atoms with E-state index in [1.54, 1.807) is 0 Å². The summed E-state index contributed by atoms with van der Waals surface area (Å²) < 4.78 is 0. The molecule has 4 heteroatoms. The van der Waals surface area contributed by atoms with Crippen LogP contribution in [-0.2, 0) is 0 Å². The fourth-order valence-electron chi connectivity index (χ4n) is 5.97. The van der Waals surface area contributed by atoms with Gasteiger partial charge < -0.3 is 5.32 Å². The predicted octanol–water partition coefficient (Wildman–Crippen LogP) is 6.50. The number of hydrogen-bond donors (Lipinski definition) is 1. The molecule has 0 spiro atoms. The minimum Gasteiger partial charge on any atom is -0.381 e. The van der Waals surface area contributed by atoms with Crippen LogP contribution < -0.4 is 5.32 Å². The summed E-state index contributed by atoms with van der Waals surface area (Å²) in [6.07, 6.45) is 4.12. The molecule has 1 heterocycles. The van der Waals surface area contributed by atoms with Gasteiger partial charge in [-0.25, -0.2) is 0 Å². The third kappa shape index (κ3) is 3.70. The Labute approximate surface area is 189 Å². The van der Waals surface area contributed by atoms with E-state index in [4.69, 9.17) is 0 Å². The first-order valence-electron chi connectivity index (χ1n) is 11.4. The van der Waals surface area contributed by atoms with Gasteiger partial charge in [0.05, 0.1) is 5.92 Å². The molecule has 32 heavy (non-hydrogen) atoms. The van der Waals surface area contributed by atoms with E-state index in [9.17, 15) is 10.1 Å². The van der Waals surface area contributed by atoms with Crippen molar-refractivity contribution in [3.8, 4) is 11.1 Å². The van der Waals surface area contributed by atoms with E-state index in [0.717, 1.165) is 24.1 Å². The molecule has 4 nitrogen and oxygen atoms in total. The minimum atomic E-state index is -0.154. The average Bonchev–Trinajstić information content (AvgIpc) is 3.25. The van der Waals surface area contributed by atoms with Gasteiger partial charge in [-0.1, -0.05) is 72.8 Å². The van der Waals surface area contributed by atoms with Gasteiger partial charge in [0.1, 0.15) is 0 Å². The molecule has 0 radical (unpaired) electrons. The van der Waals surface area contributed by atoms with Crippen LogP contribution in [0, 0.1) is 22.0 Å². The number of hydrogen-bond acceptors (Lipinski definition) is 3. The van der Waals surface area contributed by atoms with E-state index >= 15 is 0 Å². The Bertz CT molecular complexity index is 1110. The van der Waals surface area contributed by atoms with Crippen molar-refractivity contribution in [2.45, 2.75) is 30.7 Å². The van der Waals surface area contributed by atoms with E-state index in [1.165, 1.54) is 16.7 Å². The van der Waals surface area contributed by atoms with Crippen LogP contribution in [0.3, 0.4) is 0 Å². The number of nitro groups is 1. The molecule has 5 rings (SSSR count). The zero-order valence-corrected chi connectivity index (χ0v) is 18.1. The molecule has 0 aromatic heterocycles. The molecule has 5 atom stereocenters. The highest BCUT2D eigenvalue weighted by Gasteiger charge is 2.47. The summed E-state index contributed by atoms with van der Waals surface area (Å²) in [6.45, 7) is 4.16. The van der Waals surface area contributed by atoms with Gasteiger partial charge in [-0.2, -0.15) is 0 Å². The Morgan fingerprint density at radius 3 is 2.41 bits per heavy atom. The third-order valence-corrected chi connectivity index (χ3v) is 7.40. The molecule has 0 unspecified atom stereocenters. The summed E-state index contributed by atoms with van der Waals surface area (Å²) in [5.74, 6) is 0.771. The molecule has 3 aromatic rings. The lowest BCUT2D eigenvalue weighted by molar-refractivity contribution is -0.485. The highest BCUT2D eigenvalue weighted by molar-refractivity contribution is 5.70. The fraction of sp³-hybridized carbons (Fsp3) is 0.286. The third-order valence-electron chi connectivity index (χ3n) is 7.40. The topological polar surface area (TPSA) is 55.2 Å². The van der Waals surface area contributed by atoms with Gasteiger partial charge >= 0.3 is 0 Å². The summed E-state index contributed by atoms with van der Waals surface area (Å²) in [5, 5.41) is 15.4. The molecule has 162 valence electrons. The molecular formula is C28H28N2O2. The Hall–Kier alpha value is -3.40. The van der Waals surface area contributed by atoms with Gasteiger partial charge in [0.15, 0.2) is 0 Å². The number of fused-ring (bicyclic) bond motifs is 2. The van der Waals surface area contributed by atoms with Crippen LogP contribution in [0.2, 0.25) is 0 Å². The number of allylic oxidation sites excluding steroid dienone is 1. The molecular weight excluding hydrogens is 396 g/mol. The smallest absolute Gasteiger partial charge is 0.211 e. The van der Waals surface area contributed by atoms with E-state index < -0.39 is 0 Å². The van der Waals surface area contributed by atoms with Crippen LogP contribution in [-0.4, -0.2) is 17.5 Å². The van der Waals surface area contributed by atoms with E-state index in [2.05, 4.69) is 60.4 Å². The largest absolute Gasteiger partial charge is 0.381 e. The number of nitrogens with zero attached hydrogens (tertiary/aromatic N) is 1. The van der Waals surface area contributed by atoms with Crippen molar-refractivity contribution in [3.05, 3.63) is 113 Å². The zero-order chi connectivity index (χ0) is 22.1. The number of anilines is 1. The maximum Gasteiger partial charge on any atom is 0.211 e. The molecule has 1 saturated carbocycles. The lowest BCUT2D eigenvalue weighted by Gasteiger charge is -2.39. The fourth-order valence-corrected chi connectivity index (χ4v) is 5.97. The number of benzene rings is 3. The monoisotopic (exact) mass is 424 g/mol. The Morgan fingerprint density at radius 2 is 1.72 bits per heavy atom. The molecule has 1 aliphatic heterocycles. The lowest BCUT2D eigenvalue weighted by Crippen LogP contribution is -2.40. The molecule has 1 fully saturated rings. The first-order chi connectivity index (χ1) is 15.7. The van der Waals surface area contributed by atoms with Crippen LogP contribution in [0.5, 0.6) is 0 Å². The average molecular weight is 425 g/mol. The maximum absolute atomic E-state index is 11.6. The molecule has 1 N–H and O–H groups in total. The summed E-state index contributed by atoms with van der Waals surface area (Å²) in [4.78, 5) is 11.4. The molecule has 0 amide bonds. The van der Waals surface area contributed by atoms with Gasteiger partial charge in [-0.05, 0) is 59.1 Å². The normalized spacial score (nSPS) is 24.6. The predicted molar refractivity (Wildman–Crippen MR) is 129 cm³/mol. The van der Waals surface area contributed by atoms with Gasteiger partial charge in [0, 0.05) is 22.6 Å². The van der Waals surface area contributed by atoms with Crippen molar-refractivity contribution in [2.24, 2.45) is 11.8 Å². The summed E-state index contributed by atoms with van der Waals surface area (Å²) in [7, 11) is 0. The number of rotatable bonds is 6. The molecule has 1 aliphatic carbocycles. The molecule has 3 aromatic carbocycles. The highest BCUT2D eigenvalue weighted by Crippen LogP contribution is 2.52. The molecule has 0 bridgehead atoms. The number of nitrogens with one attached hydrogen (secondary N) is 1. The molecule has 2 aliphatic rings. The van der Waals surface area contributed by atoms with Crippen molar-refractivity contribution in [1.82, 2.24) is 0 Å². The Balaban J connectivity index is 1.50. The Kier molecular flexibility index (Phi) is 5.52. The second-order valence-corrected chi connectivity index (χ2v) is 9.04. The van der Waals surface area contributed by atoms with Gasteiger partial charge in [-0.15, -0.1) is 6.58 Å². The second kappa shape index (κ2) is 8.62. The summed E-state index contributed by atoms with van der Waals surface area (Å²) in [6, 6.07) is 27.3. The van der Waals surface area contributed by atoms with Crippen molar-refractivity contribution in [2.75, 3.05) is 11.9 Å². The summed E-state index contributed by atoms with van der Waals surface area (Å²) in [5.41, 5.74) is 5.91. The van der Waals surface area contributed by atoms with Crippen LogP contribution in [0.25, 0.3) is 11.1 Å².